The molecule has 39 heavy (non-hydrogen) atoms. The third-order valence-electron chi connectivity index (χ3n) is 6.26. The van der Waals surface area contributed by atoms with Crippen LogP contribution in [-0.2, 0) is 13.0 Å². The minimum Gasteiger partial charge on any atom is -0.370 e. The van der Waals surface area contributed by atoms with Crippen molar-refractivity contribution >= 4 is 17.0 Å². The van der Waals surface area contributed by atoms with Crippen molar-refractivity contribution in [2.45, 2.75) is 32.2 Å². The molecule has 8 N–H and O–H groups in total. The summed E-state index contributed by atoms with van der Waals surface area (Å²) in [6.45, 7) is 1.38. The van der Waals surface area contributed by atoms with Crippen LogP contribution in [0.15, 0.2) is 52.4 Å². The van der Waals surface area contributed by atoms with Crippen LogP contribution in [0.2, 0.25) is 0 Å². The fourth-order valence-electron chi connectivity index (χ4n) is 4.26. The molecule has 0 atom stereocenters. The number of nitrogens with one attached hydrogen (secondary N) is 2. The lowest BCUT2D eigenvalue weighted by Gasteiger charge is -2.11. The predicted molar refractivity (Wildman–Crippen MR) is 146 cm³/mol. The van der Waals surface area contributed by atoms with Gasteiger partial charge in [0.05, 0.1) is 11.4 Å². The van der Waals surface area contributed by atoms with Gasteiger partial charge in [0.25, 0.3) is 0 Å². The lowest BCUT2D eigenvalue weighted by molar-refractivity contribution is 0.532. The zero-order valence-electron chi connectivity index (χ0n) is 21.3. The van der Waals surface area contributed by atoms with Gasteiger partial charge in [0.1, 0.15) is 23.1 Å². The van der Waals surface area contributed by atoms with E-state index in [-0.39, 0.29) is 29.4 Å². The minimum atomic E-state index is -0.808. The Labute approximate surface area is 222 Å². The van der Waals surface area contributed by atoms with Crippen LogP contribution >= 0.6 is 0 Å². The molecule has 4 aromatic rings. The fourth-order valence-corrected chi connectivity index (χ4v) is 4.26. The summed E-state index contributed by atoms with van der Waals surface area (Å²) in [4.78, 5) is 23.6. The van der Waals surface area contributed by atoms with Gasteiger partial charge < -0.3 is 27.5 Å². The maximum absolute atomic E-state index is 14.8. The monoisotopic (exact) mass is 540 g/mol. The van der Waals surface area contributed by atoms with E-state index in [0.717, 1.165) is 41.5 Å². The van der Waals surface area contributed by atoms with Crippen LogP contribution in [0.5, 0.6) is 0 Å². The molecular formula is C27H31F3N8O. The fraction of sp³-hybridized carbons (Fsp3) is 0.296. The van der Waals surface area contributed by atoms with Crippen LogP contribution in [-0.4, -0.2) is 40.1 Å². The summed E-state index contributed by atoms with van der Waals surface area (Å²) in [5.41, 5.74) is 17.1. The quantitative estimate of drug-likeness (QED) is 0.106. The van der Waals surface area contributed by atoms with E-state index in [4.69, 9.17) is 17.2 Å². The smallest absolute Gasteiger partial charge is 0.354 e. The highest BCUT2D eigenvalue weighted by molar-refractivity contribution is 5.82. The lowest BCUT2D eigenvalue weighted by Crippen LogP contribution is -2.24. The molecule has 2 heterocycles. The number of guanidine groups is 1. The van der Waals surface area contributed by atoms with Crippen molar-refractivity contribution in [3.63, 3.8) is 0 Å². The van der Waals surface area contributed by atoms with E-state index in [9.17, 15) is 18.0 Å². The number of hydrogen-bond donors (Lipinski definition) is 5. The molecule has 0 fully saturated rings. The summed E-state index contributed by atoms with van der Waals surface area (Å²) >= 11 is 0. The molecule has 4 rings (SSSR count). The van der Waals surface area contributed by atoms with Crippen molar-refractivity contribution < 1.29 is 13.2 Å². The van der Waals surface area contributed by atoms with Gasteiger partial charge in [0, 0.05) is 35.8 Å². The van der Waals surface area contributed by atoms with Gasteiger partial charge >= 0.3 is 5.69 Å². The molecule has 2 aromatic heterocycles. The number of nitrogens with zero attached hydrogens (tertiary/aromatic N) is 3. The summed E-state index contributed by atoms with van der Waals surface area (Å²) in [7, 11) is 0. The number of unbranched alkanes of at least 4 members (excludes halogenated alkanes) is 1. The van der Waals surface area contributed by atoms with Crippen LogP contribution < -0.4 is 28.2 Å². The molecule has 0 radical (unpaired) electrons. The molecule has 0 unspecified atom stereocenters. The molecule has 9 nitrogen and oxygen atoms in total. The van der Waals surface area contributed by atoms with E-state index in [1.807, 2.05) is 0 Å². The number of benzene rings is 2. The summed E-state index contributed by atoms with van der Waals surface area (Å²) in [6, 6.07) is 8.68. The van der Waals surface area contributed by atoms with Crippen molar-refractivity contribution in [2.24, 2.45) is 22.2 Å². The van der Waals surface area contributed by atoms with E-state index < -0.39 is 23.1 Å². The Balaban J connectivity index is 1.56. The SMILES string of the molecule is NCCCCc1ccc(F)c(-c2cc3cn(-c4cc(F)c(CNCCCN=C(N)N)c(F)c4)c(=O)nc3[nH]2)c1. The topological polar surface area (TPSA) is 153 Å². The number of aryl methyl sites for hydroxylation is 1. The molecule has 0 saturated heterocycles. The lowest BCUT2D eigenvalue weighted by atomic mass is 10.0. The highest BCUT2D eigenvalue weighted by atomic mass is 19.1. The highest BCUT2D eigenvalue weighted by Crippen LogP contribution is 2.27. The zero-order chi connectivity index (χ0) is 27.9. The predicted octanol–water partition coefficient (Wildman–Crippen LogP) is 2.83. The van der Waals surface area contributed by atoms with Crippen LogP contribution in [0.25, 0.3) is 28.0 Å². The number of aromatic nitrogens is 3. The average molecular weight is 541 g/mol. The molecule has 0 saturated carbocycles. The van der Waals surface area contributed by atoms with Gasteiger partial charge in [-0.3, -0.25) is 9.56 Å². The van der Waals surface area contributed by atoms with Crippen LogP contribution in [0.1, 0.15) is 30.4 Å². The molecular weight excluding hydrogens is 509 g/mol. The number of H-pyrrole nitrogens is 1. The second kappa shape index (κ2) is 12.6. The van der Waals surface area contributed by atoms with Crippen LogP contribution in [0, 0.1) is 17.5 Å². The molecule has 0 aliphatic heterocycles. The second-order valence-electron chi connectivity index (χ2n) is 9.17. The molecule has 2 aromatic carbocycles. The highest BCUT2D eigenvalue weighted by Gasteiger charge is 2.16. The number of halogens is 3. The van der Waals surface area contributed by atoms with Gasteiger partial charge in [-0.25, -0.2) is 18.0 Å². The van der Waals surface area contributed by atoms with Crippen molar-refractivity contribution in [2.75, 3.05) is 19.6 Å². The van der Waals surface area contributed by atoms with E-state index in [0.29, 0.717) is 42.7 Å². The Kier molecular flexibility index (Phi) is 8.99. The number of rotatable bonds is 12. The summed E-state index contributed by atoms with van der Waals surface area (Å²) in [6.07, 6.45) is 4.52. The van der Waals surface area contributed by atoms with Crippen molar-refractivity contribution in [1.82, 2.24) is 19.9 Å². The minimum absolute atomic E-state index is 0.0168. The number of fused-ring (bicyclic) bond motifs is 1. The Bertz CT molecular complexity index is 1520. The maximum atomic E-state index is 14.8. The summed E-state index contributed by atoms with van der Waals surface area (Å²) in [5, 5.41) is 3.42. The van der Waals surface area contributed by atoms with Gasteiger partial charge in [-0.15, -0.1) is 0 Å². The van der Waals surface area contributed by atoms with Crippen molar-refractivity contribution in [3.8, 4) is 16.9 Å². The number of aromatic amines is 1. The van der Waals surface area contributed by atoms with Crippen LogP contribution in [0.3, 0.4) is 0 Å². The molecule has 0 amide bonds. The van der Waals surface area contributed by atoms with Gasteiger partial charge in [-0.2, -0.15) is 4.98 Å². The number of nitrogens with two attached hydrogens (primary N) is 3. The average Bonchev–Trinajstić information content (AvgIpc) is 3.30. The first kappa shape index (κ1) is 27.9. The third-order valence-corrected chi connectivity index (χ3v) is 6.26. The molecule has 0 aliphatic carbocycles. The molecule has 0 spiro atoms. The van der Waals surface area contributed by atoms with E-state index in [1.54, 1.807) is 18.2 Å². The standard InChI is InChI=1S/C27H31F3N8O/c28-21-6-5-16(4-1-2-7-31)10-19(21)24-11-17-15-38(27(39)37-25(17)36-24)18-12-22(29)20(23(30)13-18)14-34-8-3-9-35-26(32)33/h5-6,10-13,15,34H,1-4,7-9,14,31H2,(H4,32,33,35)(H,36,37,39). The first-order valence-corrected chi connectivity index (χ1v) is 12.6. The molecule has 206 valence electrons. The Morgan fingerprint density at radius 2 is 1.79 bits per heavy atom. The van der Waals surface area contributed by atoms with Gasteiger partial charge in [0.15, 0.2) is 5.96 Å². The first-order valence-electron chi connectivity index (χ1n) is 12.6. The normalized spacial score (nSPS) is 11.3. The van der Waals surface area contributed by atoms with Crippen molar-refractivity contribution in [1.29, 1.82) is 0 Å². The Hall–Kier alpha value is -4.16. The Morgan fingerprint density at radius 3 is 2.51 bits per heavy atom. The number of aliphatic imine (C=N–C) groups is 1. The summed E-state index contributed by atoms with van der Waals surface area (Å²) in [5.74, 6) is -2.06. The van der Waals surface area contributed by atoms with Gasteiger partial charge in [-0.1, -0.05) is 6.07 Å². The van der Waals surface area contributed by atoms with E-state index >= 15 is 0 Å². The van der Waals surface area contributed by atoms with E-state index in [2.05, 4.69) is 20.3 Å². The third kappa shape index (κ3) is 6.84. The molecule has 0 aliphatic rings. The Morgan fingerprint density at radius 1 is 1.03 bits per heavy atom. The summed E-state index contributed by atoms with van der Waals surface area (Å²) < 4.78 is 45.4. The molecule has 12 heteroatoms. The van der Waals surface area contributed by atoms with Crippen molar-refractivity contribution in [3.05, 3.63) is 81.7 Å². The number of hydrogen-bond acceptors (Lipinski definition) is 5. The van der Waals surface area contributed by atoms with Gasteiger partial charge in [0.2, 0.25) is 0 Å². The zero-order valence-corrected chi connectivity index (χ0v) is 21.3. The first-order chi connectivity index (χ1) is 18.8. The van der Waals surface area contributed by atoms with E-state index in [1.165, 1.54) is 12.3 Å². The molecule has 0 bridgehead atoms. The second-order valence-corrected chi connectivity index (χ2v) is 9.17. The maximum Gasteiger partial charge on any atom is 0.354 e. The van der Waals surface area contributed by atoms with Gasteiger partial charge in [-0.05, 0) is 74.7 Å². The largest absolute Gasteiger partial charge is 0.370 e. The van der Waals surface area contributed by atoms with Crippen LogP contribution in [0.4, 0.5) is 13.2 Å².